The van der Waals surface area contributed by atoms with Crippen LogP contribution >= 0.6 is 0 Å². The van der Waals surface area contributed by atoms with Crippen LogP contribution in [0.1, 0.15) is 32.8 Å². The Hall–Kier alpha value is -1.56. The molecule has 0 heterocycles. The molecule has 1 aromatic rings. The molecule has 0 aliphatic carbocycles. The van der Waals surface area contributed by atoms with Crippen LogP contribution < -0.4 is 4.74 Å². The minimum Gasteiger partial charge on any atom is -0.486 e. The Labute approximate surface area is 89.3 Å². The monoisotopic (exact) mass is 207 g/mol. The van der Waals surface area contributed by atoms with Crippen molar-refractivity contribution >= 4 is 0 Å². The SMILES string of the molecule is CCC(C)(C)Oc1cccc(F)c1C#N. The van der Waals surface area contributed by atoms with Crippen molar-refractivity contribution in [3.8, 4) is 11.8 Å². The Morgan fingerprint density at radius 1 is 1.47 bits per heavy atom. The standard InChI is InChI=1S/C12H14FNO/c1-4-12(2,3)15-11-7-5-6-10(13)9(11)8-14/h5-7H,4H2,1-3H3. The zero-order valence-electron chi connectivity index (χ0n) is 9.17. The molecule has 0 radical (unpaired) electrons. The lowest BCUT2D eigenvalue weighted by Crippen LogP contribution is -2.27. The van der Waals surface area contributed by atoms with Crippen molar-refractivity contribution in [1.29, 1.82) is 5.26 Å². The number of nitrogens with zero attached hydrogens (tertiary/aromatic N) is 1. The Balaban J connectivity index is 3.06. The molecular formula is C12H14FNO. The van der Waals surface area contributed by atoms with E-state index in [1.165, 1.54) is 12.1 Å². The van der Waals surface area contributed by atoms with Gasteiger partial charge in [-0.05, 0) is 32.4 Å². The third-order valence-corrected chi connectivity index (χ3v) is 2.32. The lowest BCUT2D eigenvalue weighted by atomic mass is 10.1. The van der Waals surface area contributed by atoms with Crippen LogP contribution in [0.25, 0.3) is 0 Å². The topological polar surface area (TPSA) is 33.0 Å². The second kappa shape index (κ2) is 4.31. The van der Waals surface area contributed by atoms with Crippen molar-refractivity contribution in [2.75, 3.05) is 0 Å². The zero-order valence-corrected chi connectivity index (χ0v) is 9.17. The van der Waals surface area contributed by atoms with Crippen LogP contribution in [0.3, 0.4) is 0 Å². The van der Waals surface area contributed by atoms with Gasteiger partial charge in [0, 0.05) is 0 Å². The molecule has 0 amide bonds. The molecule has 0 aliphatic rings. The highest BCUT2D eigenvalue weighted by Gasteiger charge is 2.19. The summed E-state index contributed by atoms with van der Waals surface area (Å²) in [7, 11) is 0. The van der Waals surface area contributed by atoms with Crippen molar-refractivity contribution in [2.45, 2.75) is 32.8 Å². The molecule has 0 N–H and O–H groups in total. The molecule has 0 atom stereocenters. The molecule has 1 rings (SSSR count). The normalized spacial score (nSPS) is 10.9. The maximum absolute atomic E-state index is 13.2. The summed E-state index contributed by atoms with van der Waals surface area (Å²) in [6.07, 6.45) is 0.786. The van der Waals surface area contributed by atoms with E-state index in [-0.39, 0.29) is 11.2 Å². The molecule has 0 spiro atoms. The molecule has 80 valence electrons. The summed E-state index contributed by atoms with van der Waals surface area (Å²) in [5, 5.41) is 8.80. The van der Waals surface area contributed by atoms with Gasteiger partial charge in [-0.1, -0.05) is 13.0 Å². The van der Waals surface area contributed by atoms with Crippen LogP contribution in [-0.4, -0.2) is 5.60 Å². The maximum atomic E-state index is 13.2. The molecule has 2 nitrogen and oxygen atoms in total. The van der Waals surface area contributed by atoms with Crippen molar-refractivity contribution in [3.05, 3.63) is 29.6 Å². The van der Waals surface area contributed by atoms with Gasteiger partial charge in [0.1, 0.15) is 28.8 Å². The van der Waals surface area contributed by atoms with Gasteiger partial charge in [0.2, 0.25) is 0 Å². The van der Waals surface area contributed by atoms with E-state index >= 15 is 0 Å². The first-order chi connectivity index (χ1) is 7.00. The number of benzene rings is 1. The van der Waals surface area contributed by atoms with Gasteiger partial charge in [-0.25, -0.2) is 4.39 Å². The van der Waals surface area contributed by atoms with E-state index in [1.807, 2.05) is 26.8 Å². The van der Waals surface area contributed by atoms with E-state index in [2.05, 4.69) is 0 Å². The van der Waals surface area contributed by atoms with Crippen LogP contribution in [0.2, 0.25) is 0 Å². The first-order valence-electron chi connectivity index (χ1n) is 4.88. The third kappa shape index (κ3) is 2.69. The van der Waals surface area contributed by atoms with Gasteiger partial charge in [0.05, 0.1) is 0 Å². The van der Waals surface area contributed by atoms with Gasteiger partial charge in [-0.3, -0.25) is 0 Å². The van der Waals surface area contributed by atoms with Gasteiger partial charge in [-0.2, -0.15) is 5.26 Å². The smallest absolute Gasteiger partial charge is 0.144 e. The number of nitriles is 1. The fourth-order valence-corrected chi connectivity index (χ4v) is 1.07. The lowest BCUT2D eigenvalue weighted by molar-refractivity contribution is 0.104. The summed E-state index contributed by atoms with van der Waals surface area (Å²) in [6.45, 7) is 5.78. The number of hydrogen-bond donors (Lipinski definition) is 0. The van der Waals surface area contributed by atoms with Gasteiger partial charge < -0.3 is 4.74 Å². The summed E-state index contributed by atoms with van der Waals surface area (Å²) in [5.41, 5.74) is -0.418. The van der Waals surface area contributed by atoms with E-state index < -0.39 is 5.82 Å². The Morgan fingerprint density at radius 3 is 2.67 bits per heavy atom. The summed E-state index contributed by atoms with van der Waals surface area (Å²) < 4.78 is 18.8. The minimum atomic E-state index is -0.540. The molecule has 0 saturated heterocycles. The lowest BCUT2D eigenvalue weighted by Gasteiger charge is -2.25. The van der Waals surface area contributed by atoms with Gasteiger partial charge in [0.25, 0.3) is 0 Å². The maximum Gasteiger partial charge on any atom is 0.144 e. The fourth-order valence-electron chi connectivity index (χ4n) is 1.07. The van der Waals surface area contributed by atoms with E-state index in [0.29, 0.717) is 5.75 Å². The fraction of sp³-hybridized carbons (Fsp3) is 0.417. The summed E-state index contributed by atoms with van der Waals surface area (Å²) in [6, 6.07) is 6.21. The highest BCUT2D eigenvalue weighted by molar-refractivity contribution is 5.44. The highest BCUT2D eigenvalue weighted by Crippen LogP contribution is 2.26. The summed E-state index contributed by atoms with van der Waals surface area (Å²) >= 11 is 0. The van der Waals surface area contributed by atoms with Crippen molar-refractivity contribution in [2.24, 2.45) is 0 Å². The quantitative estimate of drug-likeness (QED) is 0.762. The van der Waals surface area contributed by atoms with Crippen molar-refractivity contribution in [3.63, 3.8) is 0 Å². The summed E-state index contributed by atoms with van der Waals surface area (Å²) in [5.74, 6) is -0.230. The van der Waals surface area contributed by atoms with Crippen LogP contribution in [0.4, 0.5) is 4.39 Å². The van der Waals surface area contributed by atoms with Gasteiger partial charge in [-0.15, -0.1) is 0 Å². The Morgan fingerprint density at radius 2 is 2.13 bits per heavy atom. The van der Waals surface area contributed by atoms with E-state index in [1.54, 1.807) is 6.07 Å². The molecular weight excluding hydrogens is 193 g/mol. The number of halogens is 1. The Kier molecular flexibility index (Phi) is 3.31. The first-order valence-corrected chi connectivity index (χ1v) is 4.88. The molecule has 0 aliphatic heterocycles. The number of hydrogen-bond acceptors (Lipinski definition) is 2. The van der Waals surface area contributed by atoms with Gasteiger partial charge in [0.15, 0.2) is 0 Å². The molecule has 0 saturated carbocycles. The van der Waals surface area contributed by atoms with Crippen LogP contribution in [0, 0.1) is 17.1 Å². The van der Waals surface area contributed by atoms with Crippen LogP contribution in [0.15, 0.2) is 18.2 Å². The molecule has 15 heavy (non-hydrogen) atoms. The average Bonchev–Trinajstić information content (AvgIpc) is 2.18. The molecule has 0 aromatic heterocycles. The second-order valence-electron chi connectivity index (χ2n) is 3.94. The van der Waals surface area contributed by atoms with E-state index in [0.717, 1.165) is 6.42 Å². The predicted octanol–water partition coefficient (Wildman–Crippen LogP) is 3.26. The van der Waals surface area contributed by atoms with E-state index in [9.17, 15) is 4.39 Å². The van der Waals surface area contributed by atoms with Gasteiger partial charge >= 0.3 is 0 Å². The molecule has 3 heteroatoms. The molecule has 0 unspecified atom stereocenters. The number of rotatable bonds is 3. The summed E-state index contributed by atoms with van der Waals surface area (Å²) in [4.78, 5) is 0. The predicted molar refractivity (Wildman–Crippen MR) is 56.1 cm³/mol. The minimum absolute atomic E-state index is 0.0287. The first kappa shape index (κ1) is 11.5. The van der Waals surface area contributed by atoms with Crippen LogP contribution in [-0.2, 0) is 0 Å². The molecule has 1 aromatic carbocycles. The largest absolute Gasteiger partial charge is 0.486 e. The highest BCUT2D eigenvalue weighted by atomic mass is 19.1. The molecule has 0 fully saturated rings. The second-order valence-corrected chi connectivity index (χ2v) is 3.94. The average molecular weight is 207 g/mol. The van der Waals surface area contributed by atoms with Crippen molar-refractivity contribution < 1.29 is 9.13 Å². The zero-order chi connectivity index (χ0) is 11.5. The van der Waals surface area contributed by atoms with Crippen molar-refractivity contribution in [1.82, 2.24) is 0 Å². The third-order valence-electron chi connectivity index (χ3n) is 2.32. The molecule has 0 bridgehead atoms. The number of ether oxygens (including phenoxy) is 1. The Bertz CT molecular complexity index is 393. The van der Waals surface area contributed by atoms with Crippen LogP contribution in [0.5, 0.6) is 5.75 Å². The van der Waals surface area contributed by atoms with E-state index in [4.69, 9.17) is 10.00 Å².